The number of rotatable bonds is 5. The largest absolute Gasteiger partial charge is 0.378 e. The highest BCUT2D eigenvalue weighted by molar-refractivity contribution is 7.22. The Morgan fingerprint density at radius 1 is 1.11 bits per heavy atom. The number of nitrogens with two attached hydrogens (primary N) is 1. The first-order valence-electron chi connectivity index (χ1n) is 12.8. The number of anilines is 3. The molecule has 0 amide bonds. The summed E-state index contributed by atoms with van der Waals surface area (Å²) in [6, 6.07) is 8.28. The van der Waals surface area contributed by atoms with Crippen LogP contribution < -0.4 is 20.9 Å². The lowest BCUT2D eigenvalue weighted by Gasteiger charge is -2.48. The zero-order valence-corrected chi connectivity index (χ0v) is 22.5. The van der Waals surface area contributed by atoms with Gasteiger partial charge in [-0.25, -0.2) is 14.4 Å². The van der Waals surface area contributed by atoms with Gasteiger partial charge in [-0.15, -0.1) is 0 Å². The summed E-state index contributed by atoms with van der Waals surface area (Å²) in [6.45, 7) is 6.36. The smallest absolute Gasteiger partial charge is 0.228 e. The molecule has 9 nitrogen and oxygen atoms in total. The van der Waals surface area contributed by atoms with E-state index >= 15 is 4.39 Å². The quantitative estimate of drug-likeness (QED) is 0.385. The van der Waals surface area contributed by atoms with Crippen molar-refractivity contribution in [3.8, 4) is 11.1 Å². The molecule has 0 unspecified atom stereocenters. The summed E-state index contributed by atoms with van der Waals surface area (Å²) in [5, 5.41) is 4.73. The zero-order valence-electron chi connectivity index (χ0n) is 21.0. The Kier molecular flexibility index (Phi) is 6.01. The molecule has 3 fully saturated rings. The van der Waals surface area contributed by atoms with Gasteiger partial charge in [-0.1, -0.05) is 35.1 Å². The Bertz CT molecular complexity index is 1530. The van der Waals surface area contributed by atoms with Gasteiger partial charge in [0, 0.05) is 61.8 Å². The fraction of sp³-hybridized carbons (Fsp3) is 0.423. The molecule has 5 heterocycles. The van der Waals surface area contributed by atoms with Gasteiger partial charge < -0.3 is 25.6 Å². The Hall–Kier alpha value is -2.83. The predicted octanol–water partition coefficient (Wildman–Crippen LogP) is 3.21. The summed E-state index contributed by atoms with van der Waals surface area (Å²) in [4.78, 5) is 20.9. The van der Waals surface area contributed by atoms with Crippen LogP contribution in [-0.4, -0.2) is 91.5 Å². The number of halogens is 2. The summed E-state index contributed by atoms with van der Waals surface area (Å²) < 4.78 is 22.8. The highest BCUT2D eigenvalue weighted by atomic mass is 35.5. The minimum atomic E-state index is -0.465. The van der Waals surface area contributed by atoms with Gasteiger partial charge in [-0.3, -0.25) is 4.90 Å². The number of nitrogens with one attached hydrogen (secondary N) is 1. The molecule has 198 valence electrons. The van der Waals surface area contributed by atoms with Crippen molar-refractivity contribution in [3.63, 3.8) is 0 Å². The van der Waals surface area contributed by atoms with E-state index in [1.54, 1.807) is 6.07 Å². The SMILES string of the molecule is CN(C1COC1)C1CN(c2nc(N3CCNCC3)c3cc(Cl)c(-c4cccc5sc(N)nc45)c(F)c3n2)C1. The molecule has 7 rings (SSSR count). The molecule has 0 atom stereocenters. The molecule has 3 saturated heterocycles. The van der Waals surface area contributed by atoms with Gasteiger partial charge in [0.15, 0.2) is 10.9 Å². The third-order valence-electron chi connectivity index (χ3n) is 7.89. The van der Waals surface area contributed by atoms with Crippen LogP contribution in [0, 0.1) is 5.82 Å². The lowest BCUT2D eigenvalue weighted by molar-refractivity contribution is -0.0725. The summed E-state index contributed by atoms with van der Waals surface area (Å²) in [5.41, 5.74) is 7.79. The fourth-order valence-electron chi connectivity index (χ4n) is 5.47. The van der Waals surface area contributed by atoms with E-state index in [9.17, 15) is 0 Å². The number of nitrogens with zero attached hydrogens (tertiary/aromatic N) is 6. The third kappa shape index (κ3) is 3.95. The number of hydrogen-bond acceptors (Lipinski definition) is 10. The van der Waals surface area contributed by atoms with Crippen LogP contribution in [0.4, 0.5) is 21.3 Å². The molecule has 4 aromatic rings. The lowest BCUT2D eigenvalue weighted by atomic mass is 10.0. The van der Waals surface area contributed by atoms with Crippen molar-refractivity contribution in [3.05, 3.63) is 35.1 Å². The van der Waals surface area contributed by atoms with Gasteiger partial charge in [0.2, 0.25) is 5.95 Å². The average molecular weight is 555 g/mol. The molecule has 0 spiro atoms. The maximum Gasteiger partial charge on any atom is 0.228 e. The van der Waals surface area contributed by atoms with Gasteiger partial charge in [-0.2, -0.15) is 4.98 Å². The Labute approximate surface area is 228 Å². The fourth-order valence-corrected chi connectivity index (χ4v) is 6.53. The zero-order chi connectivity index (χ0) is 26.0. The molecule has 12 heteroatoms. The van der Waals surface area contributed by atoms with E-state index in [0.717, 1.165) is 63.0 Å². The molecule has 3 N–H and O–H groups in total. The molecule has 38 heavy (non-hydrogen) atoms. The standard InChI is InChI=1S/C26H28ClFN8OS/c1-34(15-12-37-13-15)14-10-36(11-14)26-32-23-17(24(33-26)35-7-5-30-6-8-35)9-18(27)20(21(23)28)16-3-2-4-19-22(16)31-25(29)38-19/h2-4,9,14-15,30H,5-8,10-13H2,1H3,(H2,29,31). The number of piperazine rings is 1. The first kappa shape index (κ1) is 24.2. The van der Waals surface area contributed by atoms with Crippen LogP contribution in [-0.2, 0) is 4.74 Å². The van der Waals surface area contributed by atoms with Gasteiger partial charge in [0.25, 0.3) is 0 Å². The maximum atomic E-state index is 16.5. The normalized spacial score (nSPS) is 18.9. The van der Waals surface area contributed by atoms with E-state index in [1.165, 1.54) is 11.3 Å². The van der Waals surface area contributed by atoms with Crippen LogP contribution in [0.2, 0.25) is 5.02 Å². The number of ether oxygens (including phenoxy) is 1. The van der Waals surface area contributed by atoms with Crippen LogP contribution in [0.25, 0.3) is 32.2 Å². The van der Waals surface area contributed by atoms with Crippen molar-refractivity contribution < 1.29 is 9.13 Å². The third-order valence-corrected chi connectivity index (χ3v) is 9.04. The topological polar surface area (TPSA) is 95.7 Å². The maximum absolute atomic E-state index is 16.5. The van der Waals surface area contributed by atoms with E-state index < -0.39 is 5.82 Å². The molecule has 2 aromatic carbocycles. The molecular formula is C26H28ClFN8OS. The first-order chi connectivity index (χ1) is 18.5. The molecule has 0 bridgehead atoms. The van der Waals surface area contributed by atoms with Crippen molar-refractivity contribution in [2.75, 3.05) is 75.1 Å². The number of aromatic nitrogens is 3. The molecule has 0 aliphatic carbocycles. The highest BCUT2D eigenvalue weighted by Crippen LogP contribution is 2.42. The number of thiazole rings is 1. The monoisotopic (exact) mass is 554 g/mol. The van der Waals surface area contributed by atoms with Crippen LogP contribution in [0.1, 0.15) is 0 Å². The number of likely N-dealkylation sites (N-methyl/N-ethyl adjacent to an activating group) is 1. The van der Waals surface area contributed by atoms with E-state index in [2.05, 4.69) is 32.0 Å². The van der Waals surface area contributed by atoms with Crippen LogP contribution in [0.5, 0.6) is 0 Å². The van der Waals surface area contributed by atoms with Crippen LogP contribution in [0.15, 0.2) is 24.3 Å². The molecule has 0 radical (unpaired) electrons. The predicted molar refractivity (Wildman–Crippen MR) is 151 cm³/mol. The number of nitrogen functional groups attached to an aromatic ring is 1. The molecule has 3 aliphatic heterocycles. The average Bonchev–Trinajstić information content (AvgIpc) is 3.23. The van der Waals surface area contributed by atoms with E-state index in [-0.39, 0.29) is 11.1 Å². The van der Waals surface area contributed by atoms with Crippen LogP contribution >= 0.6 is 22.9 Å². The van der Waals surface area contributed by atoms with Gasteiger partial charge in [0.1, 0.15) is 11.3 Å². The van der Waals surface area contributed by atoms with Crippen molar-refractivity contribution in [1.82, 2.24) is 25.2 Å². The molecular weight excluding hydrogens is 527 g/mol. The number of hydrogen-bond donors (Lipinski definition) is 2. The van der Waals surface area contributed by atoms with Crippen molar-refractivity contribution in [2.24, 2.45) is 0 Å². The van der Waals surface area contributed by atoms with E-state index in [0.29, 0.717) is 44.7 Å². The molecule has 0 saturated carbocycles. The number of para-hydroxylation sites is 1. The molecule has 2 aromatic heterocycles. The van der Waals surface area contributed by atoms with Gasteiger partial charge in [0.05, 0.1) is 34.5 Å². The summed E-state index contributed by atoms with van der Waals surface area (Å²) in [6.07, 6.45) is 0. The van der Waals surface area contributed by atoms with Gasteiger partial charge in [-0.05, 0) is 19.2 Å². The second-order valence-electron chi connectivity index (χ2n) is 10.1. The second kappa shape index (κ2) is 9.42. The first-order valence-corrected chi connectivity index (χ1v) is 14.0. The highest BCUT2D eigenvalue weighted by Gasteiger charge is 2.38. The van der Waals surface area contributed by atoms with Crippen molar-refractivity contribution in [2.45, 2.75) is 12.1 Å². The van der Waals surface area contributed by atoms with Crippen molar-refractivity contribution in [1.29, 1.82) is 0 Å². The summed E-state index contributed by atoms with van der Waals surface area (Å²) in [5.74, 6) is 0.801. The summed E-state index contributed by atoms with van der Waals surface area (Å²) >= 11 is 8.17. The molecule has 3 aliphatic rings. The van der Waals surface area contributed by atoms with Gasteiger partial charge >= 0.3 is 0 Å². The van der Waals surface area contributed by atoms with E-state index in [1.807, 2.05) is 18.2 Å². The minimum Gasteiger partial charge on any atom is -0.378 e. The van der Waals surface area contributed by atoms with Crippen molar-refractivity contribution >= 4 is 61.0 Å². The summed E-state index contributed by atoms with van der Waals surface area (Å²) in [7, 11) is 2.14. The Morgan fingerprint density at radius 3 is 2.63 bits per heavy atom. The van der Waals surface area contributed by atoms with Crippen LogP contribution in [0.3, 0.4) is 0 Å². The Morgan fingerprint density at radius 2 is 1.89 bits per heavy atom. The Balaban J connectivity index is 1.34. The number of fused-ring (bicyclic) bond motifs is 2. The number of benzene rings is 2. The second-order valence-corrected chi connectivity index (χ2v) is 11.6. The lowest BCUT2D eigenvalue weighted by Crippen LogP contribution is -2.64. The van der Waals surface area contributed by atoms with E-state index in [4.69, 9.17) is 32.0 Å². The minimum absolute atomic E-state index is 0.271.